The Labute approximate surface area is 232 Å². The maximum atomic E-state index is 14.4. The number of benzene rings is 2. The topological polar surface area (TPSA) is 156 Å². The highest BCUT2D eigenvalue weighted by Gasteiger charge is 2.43. The predicted octanol–water partition coefficient (Wildman–Crippen LogP) is 3.13. The summed E-state index contributed by atoms with van der Waals surface area (Å²) in [6.45, 7) is 0.977. The van der Waals surface area contributed by atoms with Gasteiger partial charge in [0.05, 0.1) is 17.7 Å². The van der Waals surface area contributed by atoms with Gasteiger partial charge in [-0.05, 0) is 43.3 Å². The molecule has 0 saturated carbocycles. The van der Waals surface area contributed by atoms with E-state index in [0.29, 0.717) is 0 Å². The van der Waals surface area contributed by atoms with Gasteiger partial charge in [-0.3, -0.25) is 14.5 Å². The van der Waals surface area contributed by atoms with Crippen molar-refractivity contribution in [1.29, 1.82) is 5.26 Å². The zero-order chi connectivity index (χ0) is 29.5. The van der Waals surface area contributed by atoms with Crippen molar-refractivity contribution in [2.24, 2.45) is 0 Å². The van der Waals surface area contributed by atoms with Crippen LogP contribution in [-0.4, -0.2) is 70.6 Å². The lowest BCUT2D eigenvalue weighted by molar-refractivity contribution is -0.136. The second-order valence-corrected chi connectivity index (χ2v) is 8.41. The molecule has 1 atom stereocenters. The molecule has 2 aromatic carbocycles. The number of pyridine rings is 1. The van der Waals surface area contributed by atoms with Crippen molar-refractivity contribution in [2.75, 3.05) is 19.9 Å². The summed E-state index contributed by atoms with van der Waals surface area (Å²) in [6.07, 6.45) is -2.15. The van der Waals surface area contributed by atoms with Gasteiger partial charge in [0.1, 0.15) is 18.4 Å². The van der Waals surface area contributed by atoms with Crippen LogP contribution in [0.5, 0.6) is 11.8 Å². The first kappa shape index (κ1) is 28.5. The number of carbonyl (C=O) groups is 5. The second kappa shape index (κ2) is 12.6. The van der Waals surface area contributed by atoms with Crippen LogP contribution in [-0.2, 0) is 9.53 Å². The molecule has 1 fully saturated rings. The molecular formula is C28H21FN4O8. The Bertz CT molecular complexity index is 1560. The Morgan fingerprint density at radius 2 is 1.66 bits per heavy atom. The predicted molar refractivity (Wildman–Crippen MR) is 136 cm³/mol. The van der Waals surface area contributed by atoms with Crippen LogP contribution >= 0.6 is 0 Å². The highest BCUT2D eigenvalue weighted by molar-refractivity contribution is 6.18. The molecule has 2 heterocycles. The third-order valence-electron chi connectivity index (χ3n) is 5.68. The number of hydrogen-bond acceptors (Lipinski definition) is 10. The number of imide groups is 3. The van der Waals surface area contributed by atoms with Gasteiger partial charge in [-0.25, -0.2) is 18.8 Å². The molecule has 4 rings (SSSR count). The molecule has 0 spiro atoms. The summed E-state index contributed by atoms with van der Waals surface area (Å²) in [5.74, 6) is -5.02. The van der Waals surface area contributed by atoms with Gasteiger partial charge in [0.25, 0.3) is 11.8 Å². The molecular weight excluding hydrogens is 539 g/mol. The smallest absolute Gasteiger partial charge is 0.344 e. The van der Waals surface area contributed by atoms with E-state index in [0.717, 1.165) is 11.0 Å². The molecule has 0 aliphatic carbocycles. The summed E-state index contributed by atoms with van der Waals surface area (Å²) < 4.78 is 29.9. The van der Waals surface area contributed by atoms with Crippen LogP contribution in [0.25, 0.3) is 0 Å². The van der Waals surface area contributed by atoms with Crippen molar-refractivity contribution in [3.05, 3.63) is 89.0 Å². The fraction of sp³-hybridized carbons (Fsp3) is 0.179. The maximum absolute atomic E-state index is 14.4. The van der Waals surface area contributed by atoms with Gasteiger partial charge < -0.3 is 14.2 Å². The van der Waals surface area contributed by atoms with Crippen LogP contribution in [0.2, 0.25) is 0 Å². The van der Waals surface area contributed by atoms with E-state index in [1.54, 1.807) is 31.2 Å². The quantitative estimate of drug-likeness (QED) is 0.296. The number of rotatable bonds is 8. The Morgan fingerprint density at radius 1 is 0.976 bits per heavy atom. The van der Waals surface area contributed by atoms with Crippen LogP contribution in [0.4, 0.5) is 9.18 Å². The molecule has 3 aromatic rings. The van der Waals surface area contributed by atoms with Crippen molar-refractivity contribution in [3.63, 3.8) is 0 Å². The summed E-state index contributed by atoms with van der Waals surface area (Å²) in [7, 11) is 0. The number of nitrogens with zero attached hydrogens (tertiary/aromatic N) is 4. The van der Waals surface area contributed by atoms with Crippen LogP contribution in [0.15, 0.2) is 66.7 Å². The Hall–Kier alpha value is -5.48. The van der Waals surface area contributed by atoms with Gasteiger partial charge in [-0.1, -0.05) is 24.3 Å². The van der Waals surface area contributed by atoms with Crippen molar-refractivity contribution >= 4 is 29.8 Å². The van der Waals surface area contributed by atoms with E-state index in [4.69, 9.17) is 14.2 Å². The van der Waals surface area contributed by atoms with Gasteiger partial charge in [0, 0.05) is 18.2 Å². The molecule has 12 nitrogen and oxygen atoms in total. The van der Waals surface area contributed by atoms with E-state index in [9.17, 15) is 33.6 Å². The Kier molecular flexibility index (Phi) is 8.75. The largest absolute Gasteiger partial charge is 0.404 e. The van der Waals surface area contributed by atoms with Crippen molar-refractivity contribution < 1.29 is 42.6 Å². The zero-order valence-electron chi connectivity index (χ0n) is 21.5. The van der Waals surface area contributed by atoms with Crippen LogP contribution < -0.4 is 9.47 Å². The number of hydrogen-bond donors (Lipinski definition) is 0. The van der Waals surface area contributed by atoms with Crippen LogP contribution in [0.3, 0.4) is 0 Å². The number of aromatic nitrogens is 1. The molecule has 208 valence electrons. The fourth-order valence-electron chi connectivity index (χ4n) is 3.65. The fourth-order valence-corrected chi connectivity index (χ4v) is 3.65. The zero-order valence-corrected chi connectivity index (χ0v) is 21.5. The van der Waals surface area contributed by atoms with Crippen molar-refractivity contribution in [2.45, 2.75) is 13.1 Å². The van der Waals surface area contributed by atoms with Crippen molar-refractivity contribution in [1.82, 2.24) is 14.8 Å². The Morgan fingerprint density at radius 3 is 2.37 bits per heavy atom. The SMILES string of the molecule is CCOCN1CC(F)C(=O)N(C(=O)c2cccc(C(=O)Oc3nc(OC(=O)c4ccccc4)ccc3C#N)c2)C1=O. The summed E-state index contributed by atoms with van der Waals surface area (Å²) >= 11 is 0. The molecule has 1 aromatic heterocycles. The summed E-state index contributed by atoms with van der Waals surface area (Å²) in [6, 6.07) is 16.1. The first-order chi connectivity index (χ1) is 19.7. The standard InChI is InChI=1S/C28H21FN4O8/c1-2-39-16-32-15-21(29)25(35)33(28(32)38)24(34)18-9-6-10-19(13-18)27(37)41-23-20(14-30)11-12-22(31-23)40-26(36)17-7-4-3-5-8-17/h3-13,21H,2,15-16H2,1H3. The number of nitriles is 1. The maximum Gasteiger partial charge on any atom is 0.344 e. The number of carbonyl (C=O) groups excluding carboxylic acids is 5. The summed E-state index contributed by atoms with van der Waals surface area (Å²) in [5, 5.41) is 9.41. The number of ether oxygens (including phenoxy) is 3. The first-order valence-electron chi connectivity index (χ1n) is 12.1. The third-order valence-corrected chi connectivity index (χ3v) is 5.68. The van der Waals surface area contributed by atoms with Gasteiger partial charge in [-0.15, -0.1) is 0 Å². The van der Waals surface area contributed by atoms with Gasteiger partial charge in [-0.2, -0.15) is 15.1 Å². The molecule has 0 N–H and O–H groups in total. The number of alkyl halides is 1. The third kappa shape index (κ3) is 6.40. The first-order valence-corrected chi connectivity index (χ1v) is 12.1. The number of halogens is 1. The molecule has 1 aliphatic heterocycles. The summed E-state index contributed by atoms with van der Waals surface area (Å²) in [5.41, 5.74) is -0.416. The molecule has 1 aliphatic rings. The summed E-state index contributed by atoms with van der Waals surface area (Å²) in [4.78, 5) is 68.4. The monoisotopic (exact) mass is 560 g/mol. The molecule has 0 bridgehead atoms. The molecule has 41 heavy (non-hydrogen) atoms. The number of amides is 4. The minimum Gasteiger partial charge on any atom is -0.404 e. The molecule has 1 saturated heterocycles. The van der Waals surface area contributed by atoms with Crippen LogP contribution in [0, 0.1) is 11.3 Å². The van der Waals surface area contributed by atoms with E-state index in [-0.39, 0.29) is 46.4 Å². The minimum absolute atomic E-state index is 0.150. The lowest BCUT2D eigenvalue weighted by Crippen LogP contribution is -2.60. The Balaban J connectivity index is 1.53. The molecule has 0 radical (unpaired) electrons. The number of urea groups is 1. The average Bonchev–Trinajstić information content (AvgIpc) is 2.99. The lowest BCUT2D eigenvalue weighted by Gasteiger charge is -2.34. The minimum atomic E-state index is -2.15. The van der Waals surface area contributed by atoms with Gasteiger partial charge in [0.2, 0.25) is 11.8 Å². The van der Waals surface area contributed by atoms with E-state index >= 15 is 0 Å². The van der Waals surface area contributed by atoms with E-state index in [2.05, 4.69) is 4.98 Å². The molecule has 13 heteroatoms. The molecule has 1 unspecified atom stereocenters. The van der Waals surface area contributed by atoms with E-state index in [1.165, 1.54) is 42.5 Å². The molecule has 4 amide bonds. The van der Waals surface area contributed by atoms with Gasteiger partial charge in [0.15, 0.2) is 6.17 Å². The van der Waals surface area contributed by atoms with E-state index < -0.39 is 48.4 Å². The lowest BCUT2D eigenvalue weighted by atomic mass is 10.1. The second-order valence-electron chi connectivity index (χ2n) is 8.41. The van der Waals surface area contributed by atoms with E-state index in [1.807, 2.05) is 0 Å². The van der Waals surface area contributed by atoms with Gasteiger partial charge >= 0.3 is 18.0 Å². The average molecular weight is 560 g/mol. The van der Waals surface area contributed by atoms with Crippen LogP contribution in [0.1, 0.15) is 43.6 Å². The normalized spacial score (nSPS) is 14.8. The highest BCUT2D eigenvalue weighted by Crippen LogP contribution is 2.23. The number of esters is 2. The van der Waals surface area contributed by atoms with Crippen molar-refractivity contribution in [3.8, 4) is 17.8 Å². The highest BCUT2D eigenvalue weighted by atomic mass is 19.1.